The first-order valence-electron chi connectivity index (χ1n) is 7.21. The molecular weight excluding hydrogens is 309 g/mol. The molecule has 0 atom stereocenters. The van der Waals surface area contributed by atoms with Gasteiger partial charge in [0.1, 0.15) is 0 Å². The molecule has 0 saturated carbocycles. The average Bonchev–Trinajstić information content (AvgIpc) is 2.51. The van der Waals surface area contributed by atoms with E-state index < -0.39 is 22.2 Å². The van der Waals surface area contributed by atoms with Gasteiger partial charge in [0.15, 0.2) is 12.1 Å². The summed E-state index contributed by atoms with van der Waals surface area (Å²) in [6.07, 6.45) is 2.26. The Bertz CT molecular complexity index is 575. The van der Waals surface area contributed by atoms with Gasteiger partial charge in [-0.1, -0.05) is 0 Å². The van der Waals surface area contributed by atoms with Gasteiger partial charge in [-0.3, -0.25) is 19.7 Å². The van der Waals surface area contributed by atoms with Crippen LogP contribution < -0.4 is 4.74 Å². The minimum atomic E-state index is -0.895. The molecule has 0 aliphatic heterocycles. The van der Waals surface area contributed by atoms with Crippen molar-refractivity contribution in [3.63, 3.8) is 0 Å². The zero-order valence-corrected chi connectivity index (χ0v) is 12.7. The predicted molar refractivity (Wildman–Crippen MR) is 79.0 cm³/mol. The van der Waals surface area contributed by atoms with Crippen LogP contribution in [0.15, 0.2) is 12.1 Å². The molecule has 1 aromatic carbocycles. The summed E-state index contributed by atoms with van der Waals surface area (Å²) in [5.74, 6) is -1.72. The Morgan fingerprint density at radius 1 is 1.35 bits per heavy atom. The van der Waals surface area contributed by atoms with E-state index in [0.717, 1.165) is 12.1 Å². The van der Waals surface area contributed by atoms with Gasteiger partial charge >= 0.3 is 11.7 Å². The van der Waals surface area contributed by atoms with Crippen LogP contribution in [0.3, 0.4) is 0 Å². The fraction of sp³-hybridized carbons (Fsp3) is 0.467. The van der Waals surface area contributed by atoms with E-state index in [0.29, 0.717) is 25.9 Å². The molecule has 0 aromatic heterocycles. The van der Waals surface area contributed by atoms with Gasteiger partial charge in [0.05, 0.1) is 23.7 Å². The van der Waals surface area contributed by atoms with Gasteiger partial charge in [-0.2, -0.15) is 0 Å². The van der Waals surface area contributed by atoms with E-state index in [2.05, 4.69) is 0 Å². The quantitative estimate of drug-likeness (QED) is 0.215. The molecule has 0 spiro atoms. The van der Waals surface area contributed by atoms with Crippen LogP contribution in [-0.2, 0) is 9.53 Å². The number of carbonyl (C=O) groups is 2. The lowest BCUT2D eigenvalue weighted by molar-refractivity contribution is -0.386. The number of nitro groups is 1. The fourth-order valence-electron chi connectivity index (χ4n) is 1.94. The second kappa shape index (κ2) is 9.50. The number of hydrogen-bond acceptors (Lipinski definition) is 6. The number of benzene rings is 1. The Hall–Kier alpha value is -2.51. The molecule has 7 nitrogen and oxygen atoms in total. The summed E-state index contributed by atoms with van der Waals surface area (Å²) in [6, 6.07) is 1.99. The molecule has 0 fully saturated rings. The number of aldehydes is 1. The number of hydrogen-bond donors (Lipinski definition) is 0. The highest BCUT2D eigenvalue weighted by molar-refractivity contribution is 5.83. The predicted octanol–water partition coefficient (Wildman–Crippen LogP) is 3.05. The second-order valence-electron chi connectivity index (χ2n) is 4.65. The molecule has 126 valence electrons. The molecule has 0 amide bonds. The first-order valence-corrected chi connectivity index (χ1v) is 7.21. The maximum atomic E-state index is 13.7. The van der Waals surface area contributed by atoms with E-state index in [9.17, 15) is 24.1 Å². The van der Waals surface area contributed by atoms with Crippen molar-refractivity contribution in [2.45, 2.75) is 32.6 Å². The minimum Gasteiger partial charge on any atom is -0.485 e. The van der Waals surface area contributed by atoms with Crippen molar-refractivity contribution >= 4 is 17.9 Å². The number of rotatable bonds is 10. The summed E-state index contributed by atoms with van der Waals surface area (Å²) in [5.41, 5.74) is -0.916. The lowest BCUT2D eigenvalue weighted by Crippen LogP contribution is -2.06. The minimum absolute atomic E-state index is 0.0445. The number of carbonyl (C=O) groups excluding carboxylic acids is 2. The maximum Gasteiger partial charge on any atom is 0.324 e. The molecule has 0 aliphatic carbocycles. The van der Waals surface area contributed by atoms with Crippen LogP contribution >= 0.6 is 0 Å². The average molecular weight is 327 g/mol. The standard InChI is InChI=1S/C15H18FNO6/c1-2-22-13(19)6-4-3-5-9-23-15-12(16)8-7-11(10-18)14(15)17(20)21/h7-8,10H,2-6,9H2,1H3. The molecule has 0 heterocycles. The van der Waals surface area contributed by atoms with Crippen molar-refractivity contribution in [1.29, 1.82) is 0 Å². The number of halogens is 1. The summed E-state index contributed by atoms with van der Waals surface area (Å²) in [5, 5.41) is 11.0. The van der Waals surface area contributed by atoms with Crippen LogP contribution in [-0.4, -0.2) is 30.4 Å². The van der Waals surface area contributed by atoms with Crippen LogP contribution in [0.25, 0.3) is 0 Å². The van der Waals surface area contributed by atoms with E-state index in [-0.39, 0.29) is 30.8 Å². The van der Waals surface area contributed by atoms with Crippen molar-refractivity contribution in [1.82, 2.24) is 0 Å². The monoisotopic (exact) mass is 327 g/mol. The molecule has 0 bridgehead atoms. The van der Waals surface area contributed by atoms with Crippen molar-refractivity contribution < 1.29 is 28.4 Å². The molecule has 1 aromatic rings. The largest absolute Gasteiger partial charge is 0.485 e. The number of unbranched alkanes of at least 4 members (excludes halogenated alkanes) is 2. The Kier molecular flexibility index (Phi) is 7.65. The van der Waals surface area contributed by atoms with Crippen molar-refractivity contribution in [3.05, 3.63) is 33.6 Å². The lowest BCUT2D eigenvalue weighted by atomic mass is 10.1. The third-order valence-electron chi connectivity index (χ3n) is 3.00. The lowest BCUT2D eigenvalue weighted by Gasteiger charge is -2.08. The third kappa shape index (κ3) is 5.65. The van der Waals surface area contributed by atoms with E-state index >= 15 is 0 Å². The Balaban J connectivity index is 2.53. The van der Waals surface area contributed by atoms with Crippen molar-refractivity contribution in [2.75, 3.05) is 13.2 Å². The molecule has 0 saturated heterocycles. The summed E-state index contributed by atoms with van der Waals surface area (Å²) in [7, 11) is 0. The molecular formula is C15H18FNO6. The van der Waals surface area contributed by atoms with Crippen LogP contribution in [0, 0.1) is 15.9 Å². The Morgan fingerprint density at radius 3 is 2.70 bits per heavy atom. The number of esters is 1. The summed E-state index contributed by atoms with van der Waals surface area (Å²) in [4.78, 5) is 32.1. The van der Waals surface area contributed by atoms with Crippen LogP contribution in [0.5, 0.6) is 5.75 Å². The van der Waals surface area contributed by atoms with Crippen LogP contribution in [0.2, 0.25) is 0 Å². The van der Waals surface area contributed by atoms with E-state index in [1.807, 2.05) is 0 Å². The highest BCUT2D eigenvalue weighted by Gasteiger charge is 2.24. The SMILES string of the molecule is CCOC(=O)CCCCCOc1c(F)ccc(C=O)c1[N+](=O)[O-]. The van der Waals surface area contributed by atoms with Gasteiger partial charge in [-0.15, -0.1) is 0 Å². The summed E-state index contributed by atoms with van der Waals surface area (Å²) < 4.78 is 23.6. The number of ether oxygens (including phenoxy) is 2. The number of nitro benzene ring substituents is 1. The summed E-state index contributed by atoms with van der Waals surface area (Å²) >= 11 is 0. The van der Waals surface area contributed by atoms with Gasteiger partial charge in [0, 0.05) is 6.42 Å². The van der Waals surface area contributed by atoms with Gasteiger partial charge in [-0.05, 0) is 38.3 Å². The Labute approximate surface area is 132 Å². The van der Waals surface area contributed by atoms with Crippen LogP contribution in [0.4, 0.5) is 10.1 Å². The second-order valence-corrected chi connectivity index (χ2v) is 4.65. The smallest absolute Gasteiger partial charge is 0.324 e. The number of nitrogens with zero attached hydrogens (tertiary/aromatic N) is 1. The summed E-state index contributed by atoms with van der Waals surface area (Å²) in [6.45, 7) is 2.10. The topological polar surface area (TPSA) is 95.7 Å². The van der Waals surface area contributed by atoms with E-state index in [4.69, 9.17) is 9.47 Å². The van der Waals surface area contributed by atoms with Crippen LogP contribution in [0.1, 0.15) is 43.0 Å². The highest BCUT2D eigenvalue weighted by atomic mass is 19.1. The van der Waals surface area contributed by atoms with Gasteiger partial charge in [0.25, 0.3) is 0 Å². The van der Waals surface area contributed by atoms with Gasteiger partial charge < -0.3 is 9.47 Å². The van der Waals surface area contributed by atoms with Gasteiger partial charge in [-0.25, -0.2) is 4.39 Å². The molecule has 0 N–H and O–H groups in total. The van der Waals surface area contributed by atoms with E-state index in [1.54, 1.807) is 6.92 Å². The molecule has 23 heavy (non-hydrogen) atoms. The van der Waals surface area contributed by atoms with Crippen molar-refractivity contribution in [3.8, 4) is 5.75 Å². The van der Waals surface area contributed by atoms with E-state index in [1.165, 1.54) is 0 Å². The van der Waals surface area contributed by atoms with Gasteiger partial charge in [0.2, 0.25) is 5.75 Å². The molecule has 1 rings (SSSR count). The third-order valence-corrected chi connectivity index (χ3v) is 3.00. The van der Waals surface area contributed by atoms with Crippen molar-refractivity contribution in [2.24, 2.45) is 0 Å². The normalized spacial score (nSPS) is 10.2. The molecule has 0 aliphatic rings. The zero-order valence-electron chi connectivity index (χ0n) is 12.7. The molecule has 0 unspecified atom stereocenters. The fourth-order valence-corrected chi connectivity index (χ4v) is 1.94. The Morgan fingerprint density at radius 2 is 2.09 bits per heavy atom. The maximum absolute atomic E-state index is 13.7. The first-order chi connectivity index (χ1) is 11.0. The highest BCUT2D eigenvalue weighted by Crippen LogP contribution is 2.33. The zero-order chi connectivity index (χ0) is 17.2. The first kappa shape index (κ1) is 18.5. The molecule has 8 heteroatoms. The molecule has 0 radical (unpaired) electrons.